The lowest BCUT2D eigenvalue weighted by molar-refractivity contribution is -0.146. The highest BCUT2D eigenvalue weighted by Crippen LogP contribution is 2.35. The molecule has 0 saturated heterocycles. The molecule has 104 valence electrons. The van der Waals surface area contributed by atoms with Crippen LogP contribution in [-0.2, 0) is 6.18 Å². The summed E-state index contributed by atoms with van der Waals surface area (Å²) in [5.41, 5.74) is 0.276. The number of alkyl halides is 3. The Morgan fingerprint density at radius 2 is 2.00 bits per heavy atom. The number of rotatable bonds is 1. The van der Waals surface area contributed by atoms with Gasteiger partial charge in [-0.3, -0.25) is 0 Å². The molecule has 0 spiro atoms. The second kappa shape index (κ2) is 4.32. The highest BCUT2D eigenvalue weighted by molar-refractivity contribution is 7.19. The van der Waals surface area contributed by atoms with Crippen molar-refractivity contribution in [2.75, 3.05) is 0 Å². The summed E-state index contributed by atoms with van der Waals surface area (Å²) in [7, 11) is 0. The molecule has 0 amide bonds. The lowest BCUT2D eigenvalue weighted by Crippen LogP contribution is -2.11. The van der Waals surface area contributed by atoms with Gasteiger partial charge in [-0.1, -0.05) is 22.9 Å². The van der Waals surface area contributed by atoms with Crippen LogP contribution in [0.4, 0.5) is 13.2 Å². The summed E-state index contributed by atoms with van der Waals surface area (Å²) in [6.07, 6.45) is -4.65. The standard InChI is InChI=1S/C10H4ClF3N4OS/c11-4-1-2-5(6(19)3-4)7-17-18-8(10(12,13)14)15-16-9(18)20-7/h1-3,19H. The molecule has 1 N–H and O–H groups in total. The third kappa shape index (κ3) is 2.08. The molecular formula is C10H4ClF3N4OS. The Labute approximate surface area is 118 Å². The molecule has 0 fully saturated rings. The van der Waals surface area contributed by atoms with E-state index in [0.717, 1.165) is 11.3 Å². The summed E-state index contributed by atoms with van der Waals surface area (Å²) in [5, 5.41) is 20.5. The maximum absolute atomic E-state index is 12.7. The van der Waals surface area contributed by atoms with Crippen LogP contribution >= 0.6 is 22.9 Å². The van der Waals surface area contributed by atoms with Gasteiger partial charge in [-0.25, -0.2) is 0 Å². The zero-order chi connectivity index (χ0) is 14.5. The topological polar surface area (TPSA) is 63.3 Å². The normalized spacial score (nSPS) is 12.2. The van der Waals surface area contributed by atoms with E-state index in [1.54, 1.807) is 0 Å². The molecule has 0 unspecified atom stereocenters. The Bertz CT molecular complexity index is 797. The van der Waals surface area contributed by atoms with Crippen molar-refractivity contribution >= 4 is 27.9 Å². The summed E-state index contributed by atoms with van der Waals surface area (Å²) in [5.74, 6) is -1.38. The Morgan fingerprint density at radius 3 is 2.65 bits per heavy atom. The summed E-state index contributed by atoms with van der Waals surface area (Å²) in [4.78, 5) is -0.0123. The number of aromatic nitrogens is 4. The minimum Gasteiger partial charge on any atom is -0.507 e. The van der Waals surface area contributed by atoms with Crippen molar-refractivity contribution in [1.82, 2.24) is 19.8 Å². The second-order valence-corrected chi connectivity index (χ2v) is 5.18. The van der Waals surface area contributed by atoms with Gasteiger partial charge in [-0.2, -0.15) is 22.8 Å². The number of benzene rings is 1. The van der Waals surface area contributed by atoms with Crippen molar-refractivity contribution in [3.05, 3.63) is 29.0 Å². The van der Waals surface area contributed by atoms with Gasteiger partial charge in [0.25, 0.3) is 5.82 Å². The average molecular weight is 321 g/mol. The molecule has 0 bridgehead atoms. The number of fused-ring (bicyclic) bond motifs is 1. The summed E-state index contributed by atoms with van der Waals surface area (Å²) < 4.78 is 38.6. The largest absolute Gasteiger partial charge is 0.507 e. The highest BCUT2D eigenvalue weighted by atomic mass is 35.5. The predicted octanol–water partition coefficient (Wildman–Crippen LogP) is 3.23. The number of hydrogen-bond acceptors (Lipinski definition) is 5. The molecular weight excluding hydrogens is 317 g/mol. The van der Waals surface area contributed by atoms with E-state index in [4.69, 9.17) is 11.6 Å². The molecule has 0 aliphatic rings. The molecule has 20 heavy (non-hydrogen) atoms. The van der Waals surface area contributed by atoms with Gasteiger partial charge in [-0.05, 0) is 18.2 Å². The fourth-order valence-corrected chi connectivity index (χ4v) is 2.63. The van der Waals surface area contributed by atoms with Gasteiger partial charge >= 0.3 is 6.18 Å². The summed E-state index contributed by atoms with van der Waals surface area (Å²) >= 11 is 6.58. The van der Waals surface area contributed by atoms with Crippen molar-refractivity contribution < 1.29 is 18.3 Å². The molecule has 0 atom stereocenters. The van der Waals surface area contributed by atoms with E-state index in [1.807, 2.05) is 0 Å². The van der Waals surface area contributed by atoms with Gasteiger partial charge in [0.1, 0.15) is 5.75 Å². The van der Waals surface area contributed by atoms with Crippen LogP contribution in [0.3, 0.4) is 0 Å². The lowest BCUT2D eigenvalue weighted by atomic mass is 10.2. The zero-order valence-electron chi connectivity index (χ0n) is 9.39. The lowest BCUT2D eigenvalue weighted by Gasteiger charge is -2.01. The molecule has 5 nitrogen and oxygen atoms in total. The summed E-state index contributed by atoms with van der Waals surface area (Å²) in [6.45, 7) is 0. The predicted molar refractivity (Wildman–Crippen MR) is 65.8 cm³/mol. The van der Waals surface area contributed by atoms with Crippen LogP contribution in [0, 0.1) is 0 Å². The number of phenols is 1. The van der Waals surface area contributed by atoms with E-state index in [9.17, 15) is 18.3 Å². The fraction of sp³-hybridized carbons (Fsp3) is 0.100. The SMILES string of the molecule is Oc1cc(Cl)ccc1-c1nn2c(C(F)(F)F)nnc2s1. The van der Waals surface area contributed by atoms with Crippen LogP contribution in [0.15, 0.2) is 18.2 Å². The molecule has 0 saturated carbocycles. The first kappa shape index (κ1) is 13.1. The van der Waals surface area contributed by atoms with Crippen LogP contribution in [-0.4, -0.2) is 24.9 Å². The van der Waals surface area contributed by atoms with Gasteiger partial charge in [0, 0.05) is 5.02 Å². The quantitative estimate of drug-likeness (QED) is 0.747. The Morgan fingerprint density at radius 1 is 1.25 bits per heavy atom. The van der Waals surface area contributed by atoms with Gasteiger partial charge < -0.3 is 5.11 Å². The van der Waals surface area contributed by atoms with Crippen LogP contribution in [0.5, 0.6) is 5.75 Å². The van der Waals surface area contributed by atoms with Gasteiger partial charge in [0.2, 0.25) is 4.96 Å². The van der Waals surface area contributed by atoms with Crippen LogP contribution in [0.2, 0.25) is 5.02 Å². The molecule has 2 heterocycles. The molecule has 3 rings (SSSR count). The number of phenolic OH excluding ortho intramolecular Hbond substituents is 1. The van der Waals surface area contributed by atoms with Crippen LogP contribution in [0.25, 0.3) is 15.5 Å². The van der Waals surface area contributed by atoms with Crippen molar-refractivity contribution in [2.24, 2.45) is 0 Å². The smallest absolute Gasteiger partial charge is 0.453 e. The van der Waals surface area contributed by atoms with Crippen molar-refractivity contribution in [3.8, 4) is 16.3 Å². The second-order valence-electron chi connectivity index (χ2n) is 3.78. The number of hydrogen-bond donors (Lipinski definition) is 1. The molecule has 0 radical (unpaired) electrons. The number of aromatic hydroxyl groups is 1. The maximum atomic E-state index is 12.7. The molecule has 10 heteroatoms. The zero-order valence-corrected chi connectivity index (χ0v) is 11.0. The minimum absolute atomic E-state index is 0.0123. The van der Waals surface area contributed by atoms with E-state index in [0.29, 0.717) is 9.54 Å². The minimum atomic E-state index is -4.65. The van der Waals surface area contributed by atoms with Crippen LogP contribution < -0.4 is 0 Å². The molecule has 1 aromatic carbocycles. The van der Waals surface area contributed by atoms with Gasteiger partial charge in [-0.15, -0.1) is 10.2 Å². The van der Waals surface area contributed by atoms with E-state index < -0.39 is 12.0 Å². The molecule has 0 aliphatic carbocycles. The first-order valence-electron chi connectivity index (χ1n) is 5.14. The first-order chi connectivity index (χ1) is 9.36. The van der Waals surface area contributed by atoms with Gasteiger partial charge in [0.05, 0.1) is 5.56 Å². The van der Waals surface area contributed by atoms with Crippen molar-refractivity contribution in [3.63, 3.8) is 0 Å². The van der Waals surface area contributed by atoms with E-state index in [2.05, 4.69) is 15.3 Å². The fourth-order valence-electron chi connectivity index (χ4n) is 1.59. The molecule has 0 aliphatic heterocycles. The van der Waals surface area contributed by atoms with Crippen molar-refractivity contribution in [2.45, 2.75) is 6.18 Å². The van der Waals surface area contributed by atoms with Crippen LogP contribution in [0.1, 0.15) is 5.82 Å². The monoisotopic (exact) mass is 320 g/mol. The Hall–Kier alpha value is -1.87. The summed E-state index contributed by atoms with van der Waals surface area (Å²) in [6, 6.07) is 4.25. The number of halogens is 4. The van der Waals surface area contributed by atoms with Crippen molar-refractivity contribution in [1.29, 1.82) is 0 Å². The molecule has 3 aromatic rings. The Balaban J connectivity index is 2.16. The number of nitrogens with zero attached hydrogens (tertiary/aromatic N) is 4. The van der Waals surface area contributed by atoms with E-state index >= 15 is 0 Å². The third-order valence-electron chi connectivity index (χ3n) is 2.43. The van der Waals surface area contributed by atoms with E-state index in [1.165, 1.54) is 18.2 Å². The first-order valence-corrected chi connectivity index (χ1v) is 6.34. The third-order valence-corrected chi connectivity index (χ3v) is 3.60. The van der Waals surface area contributed by atoms with Gasteiger partial charge in [0.15, 0.2) is 5.01 Å². The maximum Gasteiger partial charge on any atom is 0.453 e. The van der Waals surface area contributed by atoms with E-state index in [-0.39, 0.29) is 21.3 Å². The Kier molecular flexibility index (Phi) is 2.83. The highest BCUT2D eigenvalue weighted by Gasteiger charge is 2.38. The molecule has 2 aromatic heterocycles. The average Bonchev–Trinajstić information content (AvgIpc) is 2.86.